The molecule has 0 heterocycles. The molecule has 0 fully saturated rings. The van der Waals surface area contributed by atoms with Gasteiger partial charge in [-0.3, -0.25) is 4.79 Å². The third-order valence-electron chi connectivity index (χ3n) is 3.24. The average molecular weight is 270 g/mol. The summed E-state index contributed by atoms with van der Waals surface area (Å²) in [5, 5.41) is 18.2. The molecule has 19 heavy (non-hydrogen) atoms. The predicted octanol–water partition coefficient (Wildman–Crippen LogP) is 4.30. The molecule has 0 saturated carbocycles. The summed E-state index contributed by atoms with van der Waals surface area (Å²) in [5.41, 5.74) is 0. The second-order valence-corrected chi connectivity index (χ2v) is 5.19. The third-order valence-corrected chi connectivity index (χ3v) is 3.24. The molecule has 3 nitrogen and oxygen atoms in total. The third kappa shape index (κ3) is 15.1. The minimum Gasteiger partial charge on any atom is -0.481 e. The highest BCUT2D eigenvalue weighted by Crippen LogP contribution is 2.09. The zero-order valence-electron chi connectivity index (χ0n) is 12.3. The van der Waals surface area contributed by atoms with Gasteiger partial charge in [-0.2, -0.15) is 0 Å². The monoisotopic (exact) mass is 270 g/mol. The van der Waals surface area contributed by atoms with Crippen molar-refractivity contribution in [2.24, 2.45) is 0 Å². The van der Waals surface area contributed by atoms with Crippen molar-refractivity contribution in [2.45, 2.75) is 83.7 Å². The molecular formula is C16H30O3. The molecule has 0 aliphatic heterocycles. The fourth-order valence-corrected chi connectivity index (χ4v) is 2.01. The van der Waals surface area contributed by atoms with Gasteiger partial charge in [-0.25, -0.2) is 0 Å². The SMILES string of the molecule is CCCCCCC=CCCC(O)CCCCC(=O)O. The molecule has 0 spiro atoms. The van der Waals surface area contributed by atoms with Crippen LogP contribution in [-0.4, -0.2) is 22.3 Å². The van der Waals surface area contributed by atoms with E-state index < -0.39 is 5.97 Å². The molecule has 0 amide bonds. The van der Waals surface area contributed by atoms with Crippen molar-refractivity contribution >= 4 is 5.97 Å². The molecule has 0 aromatic carbocycles. The zero-order valence-corrected chi connectivity index (χ0v) is 12.3. The van der Waals surface area contributed by atoms with E-state index in [2.05, 4.69) is 19.1 Å². The number of aliphatic hydroxyl groups is 1. The van der Waals surface area contributed by atoms with Gasteiger partial charge in [0.1, 0.15) is 0 Å². The van der Waals surface area contributed by atoms with E-state index in [0.29, 0.717) is 6.42 Å². The van der Waals surface area contributed by atoms with Crippen LogP contribution < -0.4 is 0 Å². The summed E-state index contributed by atoms with van der Waals surface area (Å²) in [6, 6.07) is 0. The standard InChI is InChI=1S/C16H30O3/c1-2-3-4-5-6-7-8-9-12-15(17)13-10-11-14-16(18)19/h7-8,15,17H,2-6,9-14H2,1H3,(H,18,19). The summed E-state index contributed by atoms with van der Waals surface area (Å²) in [7, 11) is 0. The molecule has 112 valence electrons. The van der Waals surface area contributed by atoms with Crippen molar-refractivity contribution in [3.63, 3.8) is 0 Å². The van der Waals surface area contributed by atoms with Crippen LogP contribution >= 0.6 is 0 Å². The van der Waals surface area contributed by atoms with Gasteiger partial charge in [0.15, 0.2) is 0 Å². The molecule has 1 atom stereocenters. The highest BCUT2D eigenvalue weighted by Gasteiger charge is 2.03. The van der Waals surface area contributed by atoms with Gasteiger partial charge in [0.25, 0.3) is 0 Å². The van der Waals surface area contributed by atoms with Crippen LogP contribution in [0.3, 0.4) is 0 Å². The highest BCUT2D eigenvalue weighted by atomic mass is 16.4. The second-order valence-electron chi connectivity index (χ2n) is 5.19. The van der Waals surface area contributed by atoms with Crippen LogP contribution in [0.25, 0.3) is 0 Å². The number of unbranched alkanes of at least 4 members (excludes halogenated alkanes) is 5. The molecule has 0 rings (SSSR count). The van der Waals surface area contributed by atoms with E-state index in [1.807, 2.05) is 0 Å². The quantitative estimate of drug-likeness (QED) is 0.387. The minimum atomic E-state index is -0.750. The molecule has 2 N–H and O–H groups in total. The van der Waals surface area contributed by atoms with Crippen LogP contribution in [0.4, 0.5) is 0 Å². The lowest BCUT2D eigenvalue weighted by atomic mass is 10.1. The van der Waals surface area contributed by atoms with Crippen LogP contribution in [-0.2, 0) is 4.79 Å². The van der Waals surface area contributed by atoms with Crippen LogP contribution in [0.15, 0.2) is 12.2 Å². The van der Waals surface area contributed by atoms with Crippen molar-refractivity contribution in [1.29, 1.82) is 0 Å². The molecule has 0 saturated heterocycles. The first-order valence-corrected chi connectivity index (χ1v) is 7.71. The van der Waals surface area contributed by atoms with Crippen LogP contribution in [0, 0.1) is 0 Å². The summed E-state index contributed by atoms with van der Waals surface area (Å²) < 4.78 is 0. The first-order chi connectivity index (χ1) is 9.16. The average Bonchev–Trinajstić information content (AvgIpc) is 2.37. The lowest BCUT2D eigenvalue weighted by molar-refractivity contribution is -0.137. The summed E-state index contributed by atoms with van der Waals surface area (Å²) in [5.74, 6) is -0.750. The lowest BCUT2D eigenvalue weighted by Gasteiger charge is -2.07. The number of carbonyl (C=O) groups is 1. The topological polar surface area (TPSA) is 57.5 Å². The van der Waals surface area contributed by atoms with E-state index in [1.165, 1.54) is 25.7 Å². The maximum absolute atomic E-state index is 10.3. The Labute approximate surface area is 117 Å². The van der Waals surface area contributed by atoms with Gasteiger partial charge < -0.3 is 10.2 Å². The second kappa shape index (κ2) is 13.6. The van der Waals surface area contributed by atoms with E-state index in [4.69, 9.17) is 5.11 Å². The fourth-order valence-electron chi connectivity index (χ4n) is 2.01. The van der Waals surface area contributed by atoms with Gasteiger partial charge in [-0.05, 0) is 38.5 Å². The summed E-state index contributed by atoms with van der Waals surface area (Å²) >= 11 is 0. The normalized spacial score (nSPS) is 12.9. The molecule has 1 unspecified atom stereocenters. The Kier molecular flexibility index (Phi) is 13.0. The minimum absolute atomic E-state index is 0.213. The number of carboxylic acid groups (broad SMARTS) is 1. The first-order valence-electron chi connectivity index (χ1n) is 7.71. The molecule has 0 aromatic heterocycles. The van der Waals surface area contributed by atoms with Crippen molar-refractivity contribution in [1.82, 2.24) is 0 Å². The number of hydrogen-bond acceptors (Lipinski definition) is 2. The molecular weight excluding hydrogens is 240 g/mol. The van der Waals surface area contributed by atoms with Gasteiger partial charge in [0.2, 0.25) is 0 Å². The van der Waals surface area contributed by atoms with E-state index in [9.17, 15) is 9.90 Å². The number of hydrogen-bond donors (Lipinski definition) is 2. The Morgan fingerprint density at radius 1 is 1.00 bits per heavy atom. The Morgan fingerprint density at radius 3 is 2.42 bits per heavy atom. The largest absolute Gasteiger partial charge is 0.481 e. The molecule has 3 heteroatoms. The molecule has 0 bridgehead atoms. The molecule has 0 aromatic rings. The van der Waals surface area contributed by atoms with Gasteiger partial charge in [0.05, 0.1) is 6.10 Å². The summed E-state index contributed by atoms with van der Waals surface area (Å²) in [6.45, 7) is 2.22. The van der Waals surface area contributed by atoms with Crippen LogP contribution in [0.1, 0.15) is 77.6 Å². The maximum atomic E-state index is 10.3. The number of aliphatic hydroxyl groups excluding tert-OH is 1. The molecule has 0 aliphatic carbocycles. The highest BCUT2D eigenvalue weighted by molar-refractivity contribution is 5.66. The van der Waals surface area contributed by atoms with E-state index in [0.717, 1.165) is 32.1 Å². The van der Waals surface area contributed by atoms with Crippen molar-refractivity contribution in [3.8, 4) is 0 Å². The summed E-state index contributed by atoms with van der Waals surface area (Å²) in [4.78, 5) is 10.3. The fraction of sp³-hybridized carbons (Fsp3) is 0.812. The Balaban J connectivity index is 3.30. The lowest BCUT2D eigenvalue weighted by Crippen LogP contribution is -2.06. The Hall–Kier alpha value is -0.830. The number of aliphatic carboxylic acids is 1. The summed E-state index contributed by atoms with van der Waals surface area (Å²) in [6.07, 6.45) is 14.5. The first kappa shape index (κ1) is 18.2. The number of allylic oxidation sites excluding steroid dienone is 2. The van der Waals surface area contributed by atoms with Crippen molar-refractivity contribution in [3.05, 3.63) is 12.2 Å². The van der Waals surface area contributed by atoms with E-state index in [1.54, 1.807) is 0 Å². The molecule has 0 radical (unpaired) electrons. The predicted molar refractivity (Wildman–Crippen MR) is 79.2 cm³/mol. The number of carboxylic acids is 1. The number of rotatable bonds is 13. The molecule has 0 aliphatic rings. The Morgan fingerprint density at radius 2 is 1.74 bits per heavy atom. The maximum Gasteiger partial charge on any atom is 0.303 e. The van der Waals surface area contributed by atoms with Crippen LogP contribution in [0.2, 0.25) is 0 Å². The zero-order chi connectivity index (χ0) is 14.3. The van der Waals surface area contributed by atoms with Crippen molar-refractivity contribution in [2.75, 3.05) is 0 Å². The van der Waals surface area contributed by atoms with Gasteiger partial charge >= 0.3 is 5.97 Å². The van der Waals surface area contributed by atoms with Crippen LogP contribution in [0.5, 0.6) is 0 Å². The van der Waals surface area contributed by atoms with E-state index >= 15 is 0 Å². The smallest absolute Gasteiger partial charge is 0.303 e. The van der Waals surface area contributed by atoms with Crippen molar-refractivity contribution < 1.29 is 15.0 Å². The van der Waals surface area contributed by atoms with Gasteiger partial charge in [0, 0.05) is 6.42 Å². The van der Waals surface area contributed by atoms with E-state index in [-0.39, 0.29) is 12.5 Å². The Bertz CT molecular complexity index is 236. The van der Waals surface area contributed by atoms with Gasteiger partial charge in [-0.1, -0.05) is 44.8 Å². The van der Waals surface area contributed by atoms with Gasteiger partial charge in [-0.15, -0.1) is 0 Å².